The largest absolute Gasteiger partial charge is 0.358 e. The molecule has 0 aliphatic carbocycles. The van der Waals surface area contributed by atoms with E-state index in [1.54, 1.807) is 6.20 Å². The van der Waals surface area contributed by atoms with Crippen molar-refractivity contribution < 1.29 is 0 Å². The van der Waals surface area contributed by atoms with Gasteiger partial charge in [0.25, 0.3) is 0 Å². The van der Waals surface area contributed by atoms with Crippen LogP contribution in [0.25, 0.3) is 21.8 Å². The number of hydrogen-bond acceptors (Lipinski definition) is 2. The maximum Gasteiger partial charge on any atom is 0.0871 e. The van der Waals surface area contributed by atoms with E-state index in [4.69, 9.17) is 0 Å². The predicted octanol–water partition coefficient (Wildman–Crippen LogP) is 2.11. The van der Waals surface area contributed by atoms with E-state index in [0.29, 0.717) is 0 Å². The van der Waals surface area contributed by atoms with E-state index in [2.05, 4.69) is 21.0 Å². The first kappa shape index (κ1) is 6.60. The fourth-order valence-electron chi connectivity index (χ4n) is 1.51. The Morgan fingerprint density at radius 1 is 1.08 bits per heavy atom. The molecule has 0 spiro atoms. The van der Waals surface area contributed by atoms with E-state index in [-0.39, 0.29) is 0 Å². The van der Waals surface area contributed by atoms with Gasteiger partial charge in [0.15, 0.2) is 0 Å². The summed E-state index contributed by atoms with van der Waals surface area (Å²) in [5.41, 5.74) is 2.02. The first-order chi connectivity index (χ1) is 6.43. The Morgan fingerprint density at radius 2 is 1.92 bits per heavy atom. The normalized spacial score (nSPS) is 11.1. The summed E-state index contributed by atoms with van der Waals surface area (Å²) in [6.07, 6.45) is 7.29. The number of aromatic nitrogens is 3. The summed E-state index contributed by atoms with van der Waals surface area (Å²) in [4.78, 5) is 11.5. The molecule has 1 aromatic carbocycles. The number of benzene rings is 1. The molecule has 0 radical (unpaired) electrons. The van der Waals surface area contributed by atoms with E-state index >= 15 is 0 Å². The van der Waals surface area contributed by atoms with Crippen molar-refractivity contribution in [3.63, 3.8) is 0 Å². The van der Waals surface area contributed by atoms with Gasteiger partial charge in [-0.2, -0.15) is 0 Å². The number of rotatable bonds is 0. The van der Waals surface area contributed by atoms with Gasteiger partial charge in [-0.05, 0) is 12.1 Å². The lowest BCUT2D eigenvalue weighted by molar-refractivity contribution is 1.30. The average Bonchev–Trinajstić information content (AvgIpc) is 2.61. The van der Waals surface area contributed by atoms with Crippen LogP contribution >= 0.6 is 0 Å². The molecule has 0 saturated heterocycles. The molecule has 2 aromatic heterocycles. The van der Waals surface area contributed by atoms with Gasteiger partial charge in [-0.3, -0.25) is 9.97 Å². The van der Waals surface area contributed by atoms with Crippen molar-refractivity contribution in [2.24, 2.45) is 0 Å². The smallest absolute Gasteiger partial charge is 0.0871 e. The summed E-state index contributed by atoms with van der Waals surface area (Å²) in [7, 11) is 0. The van der Waals surface area contributed by atoms with Crippen LogP contribution < -0.4 is 0 Å². The van der Waals surface area contributed by atoms with E-state index in [1.807, 2.05) is 24.7 Å². The Balaban J connectivity index is 2.57. The SMILES string of the molecule is c1c[nH]c2cc3cncc3cc2n1. The van der Waals surface area contributed by atoms with Gasteiger partial charge in [-0.15, -0.1) is 0 Å². The molecule has 2 heterocycles. The molecule has 3 heteroatoms. The van der Waals surface area contributed by atoms with Crippen LogP contribution in [-0.2, 0) is 0 Å². The molecule has 0 fully saturated rings. The zero-order valence-corrected chi connectivity index (χ0v) is 6.86. The zero-order valence-electron chi connectivity index (χ0n) is 6.86. The number of fused-ring (bicyclic) bond motifs is 2. The monoisotopic (exact) mass is 169 g/mol. The highest BCUT2D eigenvalue weighted by molar-refractivity contribution is 5.94. The van der Waals surface area contributed by atoms with Crippen molar-refractivity contribution in [3.05, 3.63) is 36.9 Å². The molecule has 0 amide bonds. The third kappa shape index (κ3) is 0.902. The van der Waals surface area contributed by atoms with Crippen LogP contribution in [0.5, 0.6) is 0 Å². The molecule has 0 saturated carbocycles. The summed E-state index contributed by atoms with van der Waals surface area (Å²) in [6, 6.07) is 4.10. The first-order valence-electron chi connectivity index (χ1n) is 4.10. The second-order valence-corrected chi connectivity index (χ2v) is 2.99. The minimum atomic E-state index is 0.975. The van der Waals surface area contributed by atoms with Gasteiger partial charge in [0, 0.05) is 35.6 Å². The Bertz CT molecular complexity index is 519. The minimum Gasteiger partial charge on any atom is -0.358 e. The van der Waals surface area contributed by atoms with Crippen molar-refractivity contribution in [2.75, 3.05) is 0 Å². The molecular weight excluding hydrogens is 162 g/mol. The van der Waals surface area contributed by atoms with Crippen LogP contribution in [0.2, 0.25) is 0 Å². The molecule has 3 aromatic rings. The van der Waals surface area contributed by atoms with Gasteiger partial charge >= 0.3 is 0 Å². The van der Waals surface area contributed by atoms with Crippen LogP contribution in [0, 0.1) is 0 Å². The molecule has 0 atom stereocenters. The lowest BCUT2D eigenvalue weighted by Gasteiger charge is -1.96. The average molecular weight is 169 g/mol. The second kappa shape index (κ2) is 2.29. The van der Waals surface area contributed by atoms with Gasteiger partial charge in [-0.1, -0.05) is 0 Å². The molecule has 62 valence electrons. The zero-order chi connectivity index (χ0) is 8.67. The Morgan fingerprint density at radius 3 is 2.85 bits per heavy atom. The van der Waals surface area contributed by atoms with E-state index < -0.39 is 0 Å². The molecule has 0 aliphatic rings. The summed E-state index contributed by atoms with van der Waals surface area (Å²) in [5, 5.41) is 2.29. The van der Waals surface area contributed by atoms with Gasteiger partial charge in [-0.25, -0.2) is 0 Å². The Kier molecular flexibility index (Phi) is 1.16. The maximum atomic E-state index is 4.25. The van der Waals surface area contributed by atoms with Gasteiger partial charge in [0.2, 0.25) is 0 Å². The van der Waals surface area contributed by atoms with Crippen molar-refractivity contribution in [3.8, 4) is 0 Å². The lowest BCUT2D eigenvalue weighted by Crippen LogP contribution is -1.80. The van der Waals surface area contributed by atoms with Crippen LogP contribution in [0.4, 0.5) is 0 Å². The summed E-state index contributed by atoms with van der Waals surface area (Å²) >= 11 is 0. The van der Waals surface area contributed by atoms with Gasteiger partial charge in [0.05, 0.1) is 11.0 Å². The molecule has 0 aliphatic heterocycles. The van der Waals surface area contributed by atoms with Crippen LogP contribution in [0.1, 0.15) is 0 Å². The number of nitrogens with one attached hydrogen (secondary N) is 1. The summed E-state index contributed by atoms with van der Waals surface area (Å²) in [5.74, 6) is 0. The molecule has 3 rings (SSSR count). The third-order valence-corrected chi connectivity index (χ3v) is 2.16. The standard InChI is InChI=1S/C10H7N3/c1-2-13-10-4-8-6-11-5-7(8)3-9(10)12-1/h1-6,12H. The van der Waals surface area contributed by atoms with Crippen molar-refractivity contribution >= 4 is 21.8 Å². The lowest BCUT2D eigenvalue weighted by atomic mass is 10.2. The third-order valence-electron chi connectivity index (χ3n) is 2.16. The molecule has 0 bridgehead atoms. The molecule has 1 N–H and O–H groups in total. The topological polar surface area (TPSA) is 41.6 Å². The molecular formula is C10H7N3. The highest BCUT2D eigenvalue weighted by atomic mass is 14.8. The number of nitrogens with zero attached hydrogens (tertiary/aromatic N) is 2. The van der Waals surface area contributed by atoms with Crippen LogP contribution in [0.3, 0.4) is 0 Å². The fraction of sp³-hybridized carbons (Fsp3) is 0. The molecule has 0 unspecified atom stereocenters. The van der Waals surface area contributed by atoms with Crippen LogP contribution in [0.15, 0.2) is 36.9 Å². The summed E-state index contributed by atoms with van der Waals surface area (Å²) < 4.78 is 0. The highest BCUT2D eigenvalue weighted by Gasteiger charge is 1.98. The Hall–Kier alpha value is -1.90. The molecule has 13 heavy (non-hydrogen) atoms. The van der Waals surface area contributed by atoms with E-state index in [1.165, 1.54) is 0 Å². The van der Waals surface area contributed by atoms with E-state index in [0.717, 1.165) is 21.8 Å². The maximum absolute atomic E-state index is 4.25. The molecule has 3 nitrogen and oxygen atoms in total. The fourth-order valence-corrected chi connectivity index (χ4v) is 1.51. The second-order valence-electron chi connectivity index (χ2n) is 2.99. The van der Waals surface area contributed by atoms with E-state index in [9.17, 15) is 0 Å². The van der Waals surface area contributed by atoms with Crippen molar-refractivity contribution in [1.82, 2.24) is 15.0 Å². The highest BCUT2D eigenvalue weighted by Crippen LogP contribution is 2.18. The number of hydrogen-bond donors (Lipinski definition) is 1. The van der Waals surface area contributed by atoms with Gasteiger partial charge < -0.3 is 4.98 Å². The van der Waals surface area contributed by atoms with Crippen molar-refractivity contribution in [2.45, 2.75) is 0 Å². The van der Waals surface area contributed by atoms with Gasteiger partial charge in [0.1, 0.15) is 0 Å². The summed E-state index contributed by atoms with van der Waals surface area (Å²) in [6.45, 7) is 0. The van der Waals surface area contributed by atoms with Crippen LogP contribution in [-0.4, -0.2) is 15.0 Å². The van der Waals surface area contributed by atoms with Crippen molar-refractivity contribution in [1.29, 1.82) is 0 Å². The predicted molar refractivity (Wildman–Crippen MR) is 51.4 cm³/mol. The minimum absolute atomic E-state index is 0.975. The quantitative estimate of drug-likeness (QED) is 0.560. The Labute approximate surface area is 74.4 Å². The number of aromatic amines is 1. The number of H-pyrrole nitrogens is 1. The first-order valence-corrected chi connectivity index (χ1v) is 4.10.